The molecule has 1 amide bonds. The molecule has 0 aromatic carbocycles. The van der Waals surface area contributed by atoms with Crippen LogP contribution in [0.15, 0.2) is 0 Å². The quantitative estimate of drug-likeness (QED) is 0.743. The van der Waals surface area contributed by atoms with Gasteiger partial charge in [-0.15, -0.1) is 0 Å². The predicted octanol–water partition coefficient (Wildman–Crippen LogP) is 0.670. The van der Waals surface area contributed by atoms with Gasteiger partial charge in [-0.1, -0.05) is 13.3 Å². The van der Waals surface area contributed by atoms with E-state index in [-0.39, 0.29) is 18.1 Å². The van der Waals surface area contributed by atoms with E-state index in [2.05, 4.69) is 17.6 Å². The summed E-state index contributed by atoms with van der Waals surface area (Å²) in [6, 6.07) is -0.183. The van der Waals surface area contributed by atoms with Crippen molar-refractivity contribution < 1.29 is 9.53 Å². The Morgan fingerprint density at radius 1 is 1.56 bits per heavy atom. The minimum Gasteiger partial charge on any atom is -0.375 e. The molecular weight excluding hydrogens is 204 g/mol. The maximum Gasteiger partial charge on any atom is 0.239 e. The Balaban J connectivity index is 1.78. The molecule has 16 heavy (non-hydrogen) atoms. The molecule has 0 unspecified atom stereocenters. The molecule has 1 aliphatic carbocycles. The van der Waals surface area contributed by atoms with Crippen LogP contribution in [0, 0.1) is 5.41 Å². The van der Waals surface area contributed by atoms with Crippen molar-refractivity contribution in [2.45, 2.75) is 45.3 Å². The number of carbonyl (C=O) groups is 1. The van der Waals surface area contributed by atoms with E-state index in [9.17, 15) is 4.79 Å². The van der Waals surface area contributed by atoms with E-state index in [4.69, 9.17) is 4.74 Å². The summed E-state index contributed by atoms with van der Waals surface area (Å²) < 4.78 is 5.46. The number of carbonyl (C=O) groups excluding carboxylic acids is 1. The topological polar surface area (TPSA) is 50.4 Å². The molecule has 2 rings (SSSR count). The minimum absolute atomic E-state index is 0.0250. The molecule has 0 aromatic rings. The number of hydrogen-bond donors (Lipinski definition) is 2. The van der Waals surface area contributed by atoms with Crippen LogP contribution < -0.4 is 10.6 Å². The third-order valence-electron chi connectivity index (χ3n) is 3.85. The van der Waals surface area contributed by atoms with Crippen molar-refractivity contribution >= 4 is 5.91 Å². The van der Waals surface area contributed by atoms with Crippen molar-refractivity contribution in [3.05, 3.63) is 0 Å². The van der Waals surface area contributed by atoms with Gasteiger partial charge in [-0.2, -0.15) is 0 Å². The molecule has 2 N–H and O–H groups in total. The van der Waals surface area contributed by atoms with Crippen molar-refractivity contribution in [3.8, 4) is 0 Å². The smallest absolute Gasteiger partial charge is 0.239 e. The molecule has 0 bridgehead atoms. The largest absolute Gasteiger partial charge is 0.375 e. The first-order valence-corrected chi connectivity index (χ1v) is 6.23. The summed E-state index contributed by atoms with van der Waals surface area (Å²) in [5, 5.41) is 6.25. The van der Waals surface area contributed by atoms with Crippen LogP contribution in [0.3, 0.4) is 0 Å². The lowest BCUT2D eigenvalue weighted by Crippen LogP contribution is -2.56. The Bertz CT molecular complexity index is 264. The highest BCUT2D eigenvalue weighted by Gasteiger charge is 2.34. The minimum atomic E-state index is -0.183. The summed E-state index contributed by atoms with van der Waals surface area (Å²) >= 11 is 0. The number of nitrogens with one attached hydrogen (secondary N) is 2. The zero-order valence-corrected chi connectivity index (χ0v) is 10.2. The maximum absolute atomic E-state index is 11.9. The maximum atomic E-state index is 11.9. The van der Waals surface area contributed by atoms with Gasteiger partial charge in [0.15, 0.2) is 0 Å². The third-order valence-corrected chi connectivity index (χ3v) is 3.85. The van der Waals surface area contributed by atoms with E-state index in [1.165, 1.54) is 19.3 Å². The molecule has 1 saturated heterocycles. The van der Waals surface area contributed by atoms with Crippen LogP contribution in [-0.2, 0) is 9.53 Å². The highest BCUT2D eigenvalue weighted by atomic mass is 16.5. The van der Waals surface area contributed by atoms with E-state index in [0.717, 1.165) is 13.1 Å². The fourth-order valence-corrected chi connectivity index (χ4v) is 2.39. The first kappa shape index (κ1) is 11.9. The second-order valence-corrected chi connectivity index (χ2v) is 5.39. The normalized spacial score (nSPS) is 32.9. The van der Waals surface area contributed by atoms with Gasteiger partial charge in [0.2, 0.25) is 5.91 Å². The Hall–Kier alpha value is -0.610. The number of amides is 1. The summed E-state index contributed by atoms with van der Waals surface area (Å²) in [6.45, 7) is 6.45. The van der Waals surface area contributed by atoms with E-state index >= 15 is 0 Å². The lowest BCUT2D eigenvalue weighted by molar-refractivity contribution is -0.129. The van der Waals surface area contributed by atoms with Crippen LogP contribution in [-0.4, -0.2) is 37.7 Å². The van der Waals surface area contributed by atoms with Gasteiger partial charge in [0.05, 0.1) is 12.7 Å². The van der Waals surface area contributed by atoms with Gasteiger partial charge in [0, 0.05) is 13.1 Å². The van der Waals surface area contributed by atoms with E-state index in [1.807, 2.05) is 6.92 Å². The molecule has 0 radical (unpaired) electrons. The molecule has 2 aliphatic rings. The summed E-state index contributed by atoms with van der Waals surface area (Å²) in [7, 11) is 0. The standard InChI is InChI=1S/C12H22N2O2/c1-9-10(13-6-7-16-9)11(15)14-8-12(2)4-3-5-12/h9-10,13H,3-8H2,1-2H3,(H,14,15)/t9-,10+/m1/s1. The summed E-state index contributed by atoms with van der Waals surface area (Å²) in [5.74, 6) is 0.0836. The third kappa shape index (κ3) is 2.55. The number of ether oxygens (including phenoxy) is 1. The van der Waals surface area contributed by atoms with Crippen LogP contribution in [0.1, 0.15) is 33.1 Å². The molecule has 1 saturated carbocycles. The molecule has 0 aromatic heterocycles. The first-order chi connectivity index (χ1) is 7.61. The zero-order valence-electron chi connectivity index (χ0n) is 10.2. The molecule has 4 nitrogen and oxygen atoms in total. The van der Waals surface area contributed by atoms with Crippen molar-refractivity contribution in [1.29, 1.82) is 0 Å². The highest BCUT2D eigenvalue weighted by molar-refractivity contribution is 5.82. The first-order valence-electron chi connectivity index (χ1n) is 6.23. The van der Waals surface area contributed by atoms with Crippen LogP contribution in [0.5, 0.6) is 0 Å². The number of morpholine rings is 1. The Morgan fingerprint density at radius 2 is 2.31 bits per heavy atom. The van der Waals surface area contributed by atoms with E-state index in [0.29, 0.717) is 12.0 Å². The monoisotopic (exact) mass is 226 g/mol. The predicted molar refractivity (Wildman–Crippen MR) is 62.2 cm³/mol. The fraction of sp³-hybridized carbons (Fsp3) is 0.917. The van der Waals surface area contributed by atoms with Gasteiger partial charge < -0.3 is 15.4 Å². The number of rotatable bonds is 3. The molecular formula is C12H22N2O2. The van der Waals surface area contributed by atoms with Crippen LogP contribution in [0.2, 0.25) is 0 Å². The number of hydrogen-bond acceptors (Lipinski definition) is 3. The fourth-order valence-electron chi connectivity index (χ4n) is 2.39. The Labute approximate surface area is 97.1 Å². The van der Waals surface area contributed by atoms with Crippen molar-refractivity contribution in [1.82, 2.24) is 10.6 Å². The zero-order chi connectivity index (χ0) is 11.6. The average Bonchev–Trinajstić information content (AvgIpc) is 2.24. The van der Waals surface area contributed by atoms with Gasteiger partial charge in [-0.3, -0.25) is 4.79 Å². The Kier molecular flexibility index (Phi) is 3.50. The SMILES string of the molecule is C[C@H]1OCCN[C@@H]1C(=O)NCC1(C)CCC1. The molecule has 2 atom stereocenters. The van der Waals surface area contributed by atoms with Crippen molar-refractivity contribution in [3.63, 3.8) is 0 Å². The lowest BCUT2D eigenvalue weighted by atomic mass is 9.70. The lowest BCUT2D eigenvalue weighted by Gasteiger charge is -2.39. The second-order valence-electron chi connectivity index (χ2n) is 5.39. The highest BCUT2D eigenvalue weighted by Crippen LogP contribution is 2.39. The van der Waals surface area contributed by atoms with Gasteiger partial charge in [0.25, 0.3) is 0 Å². The molecule has 2 fully saturated rings. The molecule has 0 spiro atoms. The average molecular weight is 226 g/mol. The van der Waals surface area contributed by atoms with E-state index in [1.54, 1.807) is 0 Å². The van der Waals surface area contributed by atoms with Crippen LogP contribution >= 0.6 is 0 Å². The van der Waals surface area contributed by atoms with Crippen molar-refractivity contribution in [2.24, 2.45) is 5.41 Å². The van der Waals surface area contributed by atoms with Crippen molar-refractivity contribution in [2.75, 3.05) is 19.7 Å². The molecule has 4 heteroatoms. The van der Waals surface area contributed by atoms with Gasteiger partial charge >= 0.3 is 0 Å². The van der Waals surface area contributed by atoms with Gasteiger partial charge in [-0.05, 0) is 25.2 Å². The van der Waals surface area contributed by atoms with Gasteiger partial charge in [0.1, 0.15) is 6.04 Å². The molecule has 1 heterocycles. The second kappa shape index (κ2) is 4.72. The van der Waals surface area contributed by atoms with Crippen LogP contribution in [0.4, 0.5) is 0 Å². The Morgan fingerprint density at radius 3 is 2.88 bits per heavy atom. The summed E-state index contributed by atoms with van der Waals surface area (Å²) in [6.07, 6.45) is 3.74. The van der Waals surface area contributed by atoms with Crippen LogP contribution in [0.25, 0.3) is 0 Å². The molecule has 1 aliphatic heterocycles. The van der Waals surface area contributed by atoms with Gasteiger partial charge in [-0.25, -0.2) is 0 Å². The summed E-state index contributed by atoms with van der Waals surface area (Å²) in [5.41, 5.74) is 0.342. The molecule has 92 valence electrons. The summed E-state index contributed by atoms with van der Waals surface area (Å²) in [4.78, 5) is 11.9. The van der Waals surface area contributed by atoms with E-state index < -0.39 is 0 Å².